The van der Waals surface area contributed by atoms with Gasteiger partial charge in [-0.3, -0.25) is 4.79 Å². The highest BCUT2D eigenvalue weighted by Gasteiger charge is 2.22. The highest BCUT2D eigenvalue weighted by molar-refractivity contribution is 7.92. The van der Waals surface area contributed by atoms with Crippen molar-refractivity contribution in [3.8, 4) is 0 Å². The Hall–Kier alpha value is -1.27. The zero-order chi connectivity index (χ0) is 13.9. The van der Waals surface area contributed by atoms with Gasteiger partial charge < -0.3 is 11.1 Å². The maximum atomic E-state index is 12.0. The largest absolute Gasteiger partial charge is 0.398 e. The lowest BCUT2D eigenvalue weighted by atomic mass is 10.3. The number of rotatable bonds is 4. The number of nitrogens with two attached hydrogens (primary N) is 1. The third kappa shape index (κ3) is 3.89. The SMILES string of the molecule is CC(C)NC(=O)CS(=O)(=O)c1ccc(Cl)cc1N. The molecule has 18 heavy (non-hydrogen) atoms. The summed E-state index contributed by atoms with van der Waals surface area (Å²) in [5.41, 5.74) is 5.63. The molecule has 0 atom stereocenters. The van der Waals surface area contributed by atoms with Crippen molar-refractivity contribution in [2.45, 2.75) is 24.8 Å². The number of nitrogens with one attached hydrogen (secondary N) is 1. The third-order valence-electron chi connectivity index (χ3n) is 2.08. The summed E-state index contributed by atoms with van der Waals surface area (Å²) < 4.78 is 23.9. The maximum absolute atomic E-state index is 12.0. The van der Waals surface area contributed by atoms with E-state index in [-0.39, 0.29) is 16.6 Å². The molecule has 0 spiro atoms. The van der Waals surface area contributed by atoms with Gasteiger partial charge in [0.1, 0.15) is 5.75 Å². The van der Waals surface area contributed by atoms with Crippen LogP contribution in [0.25, 0.3) is 0 Å². The molecule has 0 radical (unpaired) electrons. The topological polar surface area (TPSA) is 89.3 Å². The van der Waals surface area contributed by atoms with Gasteiger partial charge in [0.05, 0.1) is 10.6 Å². The first kappa shape index (κ1) is 14.8. The number of benzene rings is 1. The zero-order valence-corrected chi connectivity index (χ0v) is 11.7. The van der Waals surface area contributed by atoms with E-state index in [0.717, 1.165) is 0 Å². The first-order chi connectivity index (χ1) is 8.22. The monoisotopic (exact) mass is 290 g/mol. The highest BCUT2D eigenvalue weighted by Crippen LogP contribution is 2.23. The molecule has 1 rings (SSSR count). The van der Waals surface area contributed by atoms with Crippen LogP contribution in [0.15, 0.2) is 23.1 Å². The van der Waals surface area contributed by atoms with Gasteiger partial charge in [-0.2, -0.15) is 0 Å². The molecule has 1 aromatic carbocycles. The Morgan fingerprint density at radius 1 is 1.44 bits per heavy atom. The van der Waals surface area contributed by atoms with Crippen molar-refractivity contribution in [3.63, 3.8) is 0 Å². The summed E-state index contributed by atoms with van der Waals surface area (Å²) in [5, 5.41) is 2.86. The minimum atomic E-state index is -3.75. The fourth-order valence-corrected chi connectivity index (χ4v) is 2.87. The standard InChI is InChI=1S/C11H15ClN2O3S/c1-7(2)14-11(15)6-18(16,17)10-4-3-8(12)5-9(10)13/h3-5,7H,6,13H2,1-2H3,(H,14,15). The summed E-state index contributed by atoms with van der Waals surface area (Å²) in [4.78, 5) is 11.4. The number of nitrogen functional groups attached to an aromatic ring is 1. The first-order valence-electron chi connectivity index (χ1n) is 5.29. The zero-order valence-electron chi connectivity index (χ0n) is 10.1. The van der Waals surface area contributed by atoms with Crippen molar-refractivity contribution in [3.05, 3.63) is 23.2 Å². The molecule has 0 aromatic heterocycles. The molecule has 100 valence electrons. The van der Waals surface area contributed by atoms with Crippen LogP contribution < -0.4 is 11.1 Å². The van der Waals surface area contributed by atoms with Gasteiger partial charge in [0.15, 0.2) is 9.84 Å². The van der Waals surface area contributed by atoms with Gasteiger partial charge >= 0.3 is 0 Å². The van der Waals surface area contributed by atoms with Crippen LogP contribution in [0.5, 0.6) is 0 Å². The van der Waals surface area contributed by atoms with Gasteiger partial charge in [-0.1, -0.05) is 11.6 Å². The summed E-state index contributed by atoms with van der Waals surface area (Å²) in [6, 6.07) is 3.95. The fraction of sp³-hybridized carbons (Fsp3) is 0.364. The van der Waals surface area contributed by atoms with Crippen LogP contribution >= 0.6 is 11.6 Å². The average Bonchev–Trinajstić information content (AvgIpc) is 2.13. The van der Waals surface area contributed by atoms with Crippen LogP contribution in [-0.4, -0.2) is 26.1 Å². The molecule has 0 unspecified atom stereocenters. The van der Waals surface area contributed by atoms with Crippen molar-refractivity contribution < 1.29 is 13.2 Å². The van der Waals surface area contributed by atoms with Crippen LogP contribution in [0.4, 0.5) is 5.69 Å². The minimum Gasteiger partial charge on any atom is -0.398 e. The van der Waals surface area contributed by atoms with Crippen molar-refractivity contribution in [2.24, 2.45) is 0 Å². The molecule has 0 fully saturated rings. The minimum absolute atomic E-state index is 0.0415. The maximum Gasteiger partial charge on any atom is 0.235 e. The van der Waals surface area contributed by atoms with Gasteiger partial charge in [-0.25, -0.2) is 8.42 Å². The van der Waals surface area contributed by atoms with Crippen LogP contribution in [0.3, 0.4) is 0 Å². The quantitative estimate of drug-likeness (QED) is 0.816. The van der Waals surface area contributed by atoms with E-state index in [9.17, 15) is 13.2 Å². The van der Waals surface area contributed by atoms with Crippen molar-refractivity contribution >= 4 is 33.0 Å². The van der Waals surface area contributed by atoms with E-state index in [4.69, 9.17) is 17.3 Å². The number of carbonyl (C=O) groups excluding carboxylic acids is 1. The lowest BCUT2D eigenvalue weighted by Crippen LogP contribution is -2.35. The van der Waals surface area contributed by atoms with Crippen molar-refractivity contribution in [2.75, 3.05) is 11.5 Å². The Bertz CT molecular complexity index is 555. The molecule has 5 nitrogen and oxygen atoms in total. The number of amides is 1. The van der Waals surface area contributed by atoms with E-state index in [2.05, 4.69) is 5.32 Å². The smallest absolute Gasteiger partial charge is 0.235 e. The number of sulfone groups is 1. The Morgan fingerprint density at radius 2 is 2.06 bits per heavy atom. The van der Waals surface area contributed by atoms with E-state index < -0.39 is 21.5 Å². The molecule has 3 N–H and O–H groups in total. The van der Waals surface area contributed by atoms with Gasteiger partial charge in [0.25, 0.3) is 0 Å². The molecular formula is C11H15ClN2O3S. The second-order valence-electron chi connectivity index (χ2n) is 4.16. The Balaban J connectivity index is 2.97. The van der Waals surface area contributed by atoms with Crippen molar-refractivity contribution in [1.29, 1.82) is 0 Å². The molecular weight excluding hydrogens is 276 g/mol. The normalized spacial score (nSPS) is 11.6. The van der Waals surface area contributed by atoms with E-state index >= 15 is 0 Å². The second-order valence-corrected chi connectivity index (χ2v) is 6.56. The van der Waals surface area contributed by atoms with Gasteiger partial charge in [0, 0.05) is 11.1 Å². The summed E-state index contributed by atoms with van der Waals surface area (Å²) >= 11 is 5.69. The summed E-state index contributed by atoms with van der Waals surface area (Å²) in [6.07, 6.45) is 0. The van der Waals surface area contributed by atoms with Gasteiger partial charge in [-0.15, -0.1) is 0 Å². The van der Waals surface area contributed by atoms with E-state index in [0.29, 0.717) is 5.02 Å². The molecule has 1 aromatic rings. The Morgan fingerprint density at radius 3 is 2.56 bits per heavy atom. The average molecular weight is 291 g/mol. The fourth-order valence-electron chi connectivity index (χ4n) is 1.42. The van der Waals surface area contributed by atoms with E-state index in [1.165, 1.54) is 18.2 Å². The number of hydrogen-bond donors (Lipinski definition) is 2. The molecule has 0 aliphatic heterocycles. The highest BCUT2D eigenvalue weighted by atomic mass is 35.5. The lowest BCUT2D eigenvalue weighted by Gasteiger charge is -2.10. The number of carbonyl (C=O) groups is 1. The Kier molecular flexibility index (Phi) is 4.59. The Labute approximate surface area is 111 Å². The third-order valence-corrected chi connectivity index (χ3v) is 4.00. The summed E-state index contributed by atoms with van der Waals surface area (Å²) in [7, 11) is -3.75. The number of hydrogen-bond acceptors (Lipinski definition) is 4. The number of anilines is 1. The molecule has 0 aliphatic carbocycles. The van der Waals surface area contributed by atoms with Gasteiger partial charge in [-0.05, 0) is 32.0 Å². The summed E-state index contributed by atoms with van der Waals surface area (Å²) in [6.45, 7) is 3.50. The molecule has 1 amide bonds. The predicted octanol–water partition coefficient (Wildman–Crippen LogP) is 1.22. The first-order valence-corrected chi connectivity index (χ1v) is 7.32. The predicted molar refractivity (Wildman–Crippen MR) is 71.2 cm³/mol. The van der Waals surface area contributed by atoms with Crippen LogP contribution in [0.2, 0.25) is 5.02 Å². The van der Waals surface area contributed by atoms with Crippen LogP contribution in [0.1, 0.15) is 13.8 Å². The lowest BCUT2D eigenvalue weighted by molar-refractivity contribution is -0.119. The second kappa shape index (κ2) is 5.58. The molecule has 0 saturated carbocycles. The van der Waals surface area contributed by atoms with E-state index in [1.807, 2.05) is 0 Å². The molecule has 0 heterocycles. The molecule has 7 heteroatoms. The number of halogens is 1. The van der Waals surface area contributed by atoms with Crippen LogP contribution in [-0.2, 0) is 14.6 Å². The molecule has 0 saturated heterocycles. The van der Waals surface area contributed by atoms with E-state index in [1.54, 1.807) is 13.8 Å². The van der Waals surface area contributed by atoms with Crippen molar-refractivity contribution in [1.82, 2.24) is 5.32 Å². The van der Waals surface area contributed by atoms with Crippen LogP contribution in [0, 0.1) is 0 Å². The molecule has 0 aliphatic rings. The van der Waals surface area contributed by atoms with Gasteiger partial charge in [0.2, 0.25) is 5.91 Å². The molecule has 0 bridgehead atoms. The summed E-state index contributed by atoms with van der Waals surface area (Å²) in [5.74, 6) is -1.18.